The second kappa shape index (κ2) is 7.38. The third-order valence-electron chi connectivity index (χ3n) is 1.03. The SMILES string of the molecule is CC(C)OC(=O)/C=C/C(=O)OCCCl. The van der Waals surface area contributed by atoms with Crippen LogP contribution in [0.15, 0.2) is 12.2 Å². The Balaban J connectivity index is 3.79. The minimum absolute atomic E-state index is 0.129. The molecule has 0 aliphatic carbocycles. The first-order valence-corrected chi connectivity index (χ1v) is 4.71. The van der Waals surface area contributed by atoms with Crippen LogP contribution in [-0.4, -0.2) is 30.5 Å². The van der Waals surface area contributed by atoms with Gasteiger partial charge in [-0.3, -0.25) is 0 Å². The predicted molar refractivity (Wildman–Crippen MR) is 52.0 cm³/mol. The lowest BCUT2D eigenvalue weighted by Crippen LogP contribution is -2.10. The summed E-state index contributed by atoms with van der Waals surface area (Å²) in [4.78, 5) is 21.7. The summed E-state index contributed by atoms with van der Waals surface area (Å²) in [7, 11) is 0. The number of carbonyl (C=O) groups excluding carboxylic acids is 2. The van der Waals surface area contributed by atoms with E-state index in [1.54, 1.807) is 13.8 Å². The fourth-order valence-corrected chi connectivity index (χ4v) is 0.672. The van der Waals surface area contributed by atoms with Crippen molar-refractivity contribution in [2.75, 3.05) is 12.5 Å². The van der Waals surface area contributed by atoms with Gasteiger partial charge in [-0.1, -0.05) is 0 Å². The van der Waals surface area contributed by atoms with Gasteiger partial charge in [0.2, 0.25) is 0 Å². The Labute approximate surface area is 87.8 Å². The summed E-state index contributed by atoms with van der Waals surface area (Å²) in [5.74, 6) is -0.940. The van der Waals surface area contributed by atoms with Crippen LogP contribution in [0.3, 0.4) is 0 Å². The Hall–Kier alpha value is -1.03. The van der Waals surface area contributed by atoms with Crippen molar-refractivity contribution in [2.45, 2.75) is 20.0 Å². The van der Waals surface area contributed by atoms with Crippen molar-refractivity contribution in [3.63, 3.8) is 0 Å². The quantitative estimate of drug-likeness (QED) is 0.398. The second-order valence-corrected chi connectivity index (χ2v) is 3.05. The number of rotatable bonds is 5. The molecule has 0 bridgehead atoms. The van der Waals surface area contributed by atoms with E-state index in [4.69, 9.17) is 16.3 Å². The molecule has 0 aromatic rings. The maximum atomic E-state index is 10.9. The average molecular weight is 221 g/mol. The summed E-state index contributed by atoms with van der Waals surface area (Å²) in [6.07, 6.45) is 1.83. The molecule has 0 N–H and O–H groups in total. The van der Waals surface area contributed by atoms with Gasteiger partial charge in [-0.15, -0.1) is 11.6 Å². The summed E-state index contributed by atoms with van der Waals surface area (Å²) in [6.45, 7) is 3.57. The zero-order chi connectivity index (χ0) is 11.0. The van der Waals surface area contributed by atoms with Crippen LogP contribution in [0.4, 0.5) is 0 Å². The average Bonchev–Trinajstić information content (AvgIpc) is 2.10. The standard InChI is InChI=1S/C9H13ClO4/c1-7(2)14-9(12)4-3-8(11)13-6-5-10/h3-4,7H,5-6H2,1-2H3/b4-3+. The molecular weight excluding hydrogens is 208 g/mol. The lowest BCUT2D eigenvalue weighted by Gasteiger charge is -2.03. The highest BCUT2D eigenvalue weighted by Gasteiger charge is 2.02. The zero-order valence-electron chi connectivity index (χ0n) is 8.16. The number of esters is 2. The first-order valence-electron chi connectivity index (χ1n) is 4.17. The van der Waals surface area contributed by atoms with Gasteiger partial charge in [0.15, 0.2) is 0 Å². The fourth-order valence-electron chi connectivity index (χ4n) is 0.595. The van der Waals surface area contributed by atoms with E-state index in [1.807, 2.05) is 0 Å². The number of hydrogen-bond acceptors (Lipinski definition) is 4. The highest BCUT2D eigenvalue weighted by molar-refractivity contribution is 6.18. The summed E-state index contributed by atoms with van der Waals surface area (Å²) in [5.41, 5.74) is 0. The Morgan fingerprint density at radius 3 is 2.36 bits per heavy atom. The topological polar surface area (TPSA) is 52.6 Å². The molecule has 0 fully saturated rings. The molecule has 0 saturated carbocycles. The van der Waals surface area contributed by atoms with Crippen molar-refractivity contribution in [1.82, 2.24) is 0 Å². The highest BCUT2D eigenvalue weighted by Crippen LogP contribution is 1.91. The van der Waals surface area contributed by atoms with Crippen LogP contribution in [-0.2, 0) is 19.1 Å². The van der Waals surface area contributed by atoms with Crippen molar-refractivity contribution >= 4 is 23.5 Å². The molecule has 0 aromatic heterocycles. The van der Waals surface area contributed by atoms with E-state index in [2.05, 4.69) is 4.74 Å². The Kier molecular flexibility index (Phi) is 6.84. The number of halogens is 1. The van der Waals surface area contributed by atoms with Gasteiger partial charge in [0, 0.05) is 12.2 Å². The van der Waals surface area contributed by atoms with Gasteiger partial charge in [-0.25, -0.2) is 9.59 Å². The highest BCUT2D eigenvalue weighted by atomic mass is 35.5. The van der Waals surface area contributed by atoms with Gasteiger partial charge in [0.05, 0.1) is 12.0 Å². The van der Waals surface area contributed by atoms with E-state index < -0.39 is 11.9 Å². The summed E-state index contributed by atoms with van der Waals surface area (Å²) >= 11 is 5.28. The van der Waals surface area contributed by atoms with Crippen molar-refractivity contribution in [3.05, 3.63) is 12.2 Å². The molecule has 0 heterocycles. The van der Waals surface area contributed by atoms with E-state index in [1.165, 1.54) is 0 Å². The fraction of sp³-hybridized carbons (Fsp3) is 0.556. The minimum atomic E-state index is -0.605. The van der Waals surface area contributed by atoms with Gasteiger partial charge in [-0.2, -0.15) is 0 Å². The molecule has 0 spiro atoms. The molecule has 0 atom stereocenters. The van der Waals surface area contributed by atoms with Crippen LogP contribution in [0, 0.1) is 0 Å². The second-order valence-electron chi connectivity index (χ2n) is 2.68. The van der Waals surface area contributed by atoms with Gasteiger partial charge in [0.25, 0.3) is 0 Å². The minimum Gasteiger partial charge on any atom is -0.461 e. The van der Waals surface area contributed by atoms with E-state index in [-0.39, 0.29) is 18.6 Å². The Morgan fingerprint density at radius 2 is 1.86 bits per heavy atom. The molecule has 0 aromatic carbocycles. The van der Waals surface area contributed by atoms with Crippen molar-refractivity contribution in [1.29, 1.82) is 0 Å². The maximum absolute atomic E-state index is 10.9. The number of carbonyl (C=O) groups is 2. The number of ether oxygens (including phenoxy) is 2. The van der Waals surface area contributed by atoms with Crippen LogP contribution in [0.1, 0.15) is 13.8 Å². The van der Waals surface area contributed by atoms with Gasteiger partial charge in [0.1, 0.15) is 6.61 Å². The van der Waals surface area contributed by atoms with E-state index in [0.29, 0.717) is 0 Å². The maximum Gasteiger partial charge on any atom is 0.331 e. The Bertz CT molecular complexity index is 223. The van der Waals surface area contributed by atoms with E-state index >= 15 is 0 Å². The summed E-state index contributed by atoms with van der Waals surface area (Å²) < 4.78 is 9.33. The largest absolute Gasteiger partial charge is 0.461 e. The molecule has 0 saturated heterocycles. The molecular formula is C9H13ClO4. The molecule has 14 heavy (non-hydrogen) atoms. The van der Waals surface area contributed by atoms with Gasteiger partial charge >= 0.3 is 11.9 Å². The normalized spacial score (nSPS) is 10.6. The van der Waals surface area contributed by atoms with Crippen molar-refractivity contribution in [2.24, 2.45) is 0 Å². The molecule has 4 nitrogen and oxygen atoms in total. The summed E-state index contributed by atoms with van der Waals surface area (Å²) in [5, 5.41) is 0. The molecule has 0 amide bonds. The van der Waals surface area contributed by atoms with E-state index in [9.17, 15) is 9.59 Å². The van der Waals surface area contributed by atoms with Crippen molar-refractivity contribution in [3.8, 4) is 0 Å². The first kappa shape index (κ1) is 13.0. The van der Waals surface area contributed by atoms with E-state index in [0.717, 1.165) is 12.2 Å². The van der Waals surface area contributed by atoms with Crippen molar-refractivity contribution < 1.29 is 19.1 Å². The molecule has 0 aliphatic heterocycles. The molecule has 0 rings (SSSR count). The van der Waals surface area contributed by atoms with Crippen LogP contribution in [0.5, 0.6) is 0 Å². The predicted octanol–water partition coefficient (Wildman–Crippen LogP) is 1.28. The molecule has 80 valence electrons. The lowest BCUT2D eigenvalue weighted by atomic mass is 10.4. The number of hydrogen-bond donors (Lipinski definition) is 0. The third-order valence-corrected chi connectivity index (χ3v) is 1.18. The molecule has 0 unspecified atom stereocenters. The van der Waals surface area contributed by atoms with Crippen LogP contribution in [0.2, 0.25) is 0 Å². The van der Waals surface area contributed by atoms with Crippen LogP contribution < -0.4 is 0 Å². The third kappa shape index (κ3) is 7.61. The van der Waals surface area contributed by atoms with Gasteiger partial charge in [-0.05, 0) is 13.8 Å². The number of alkyl halides is 1. The first-order chi connectivity index (χ1) is 6.56. The Morgan fingerprint density at radius 1 is 1.29 bits per heavy atom. The van der Waals surface area contributed by atoms with Crippen LogP contribution in [0.25, 0.3) is 0 Å². The summed E-state index contributed by atoms with van der Waals surface area (Å²) in [6, 6.07) is 0. The smallest absolute Gasteiger partial charge is 0.331 e. The van der Waals surface area contributed by atoms with Gasteiger partial charge < -0.3 is 9.47 Å². The zero-order valence-corrected chi connectivity index (χ0v) is 8.91. The molecule has 0 aliphatic rings. The molecule has 5 heteroatoms. The molecule has 0 radical (unpaired) electrons. The monoisotopic (exact) mass is 220 g/mol. The van der Waals surface area contributed by atoms with Crippen LogP contribution >= 0.6 is 11.6 Å². The lowest BCUT2D eigenvalue weighted by molar-refractivity contribution is -0.142.